The van der Waals surface area contributed by atoms with Gasteiger partial charge in [0, 0.05) is 56.5 Å². The summed E-state index contributed by atoms with van der Waals surface area (Å²) in [5.41, 5.74) is 31.0. The number of nitrogens with zero attached hydrogens (tertiary/aromatic N) is 3. The molecule has 1 aliphatic carbocycles. The summed E-state index contributed by atoms with van der Waals surface area (Å²) in [6.45, 7) is 44.3. The van der Waals surface area contributed by atoms with Gasteiger partial charge < -0.3 is 14.7 Å². The lowest BCUT2D eigenvalue weighted by atomic mass is 9.32. The second kappa shape index (κ2) is 19.2. The molecule has 2 aliphatic heterocycles. The number of fused-ring (bicyclic) bond motifs is 8. The van der Waals surface area contributed by atoms with Crippen LogP contribution in [0.25, 0.3) is 22.3 Å². The van der Waals surface area contributed by atoms with Crippen LogP contribution in [0.5, 0.6) is 0 Å². The summed E-state index contributed by atoms with van der Waals surface area (Å²) in [7, 11) is 0. The molecule has 83 heavy (non-hydrogen) atoms. The van der Waals surface area contributed by atoms with E-state index in [1.165, 1.54) is 117 Å². The molecule has 3 aliphatic rings. The van der Waals surface area contributed by atoms with Crippen LogP contribution in [0, 0.1) is 13.8 Å². The van der Waals surface area contributed by atoms with Crippen molar-refractivity contribution in [1.29, 1.82) is 0 Å². The zero-order chi connectivity index (χ0) is 59.2. The summed E-state index contributed by atoms with van der Waals surface area (Å²) >= 11 is 0. The number of rotatable bonds is 6. The van der Waals surface area contributed by atoms with Crippen molar-refractivity contribution in [2.24, 2.45) is 0 Å². The lowest BCUT2D eigenvalue weighted by molar-refractivity contribution is 0.590. The van der Waals surface area contributed by atoms with Crippen molar-refractivity contribution in [3.05, 3.63) is 226 Å². The molecule has 0 amide bonds. The highest BCUT2D eigenvalue weighted by Crippen LogP contribution is 2.58. The Morgan fingerprint density at radius 2 is 0.783 bits per heavy atom. The lowest BCUT2D eigenvalue weighted by Gasteiger charge is -2.47. The van der Waals surface area contributed by atoms with E-state index >= 15 is 0 Å². The molecule has 420 valence electrons. The Morgan fingerprint density at radius 1 is 0.386 bits per heavy atom. The Bertz CT molecular complexity index is 3930. The van der Waals surface area contributed by atoms with E-state index in [-0.39, 0.29) is 33.8 Å². The minimum atomic E-state index is -0.399. The van der Waals surface area contributed by atoms with Crippen LogP contribution in [0.2, 0.25) is 0 Å². The van der Waals surface area contributed by atoms with E-state index in [4.69, 9.17) is 0 Å². The summed E-state index contributed by atoms with van der Waals surface area (Å²) in [6, 6.07) is 69.4. The second-order valence-corrected chi connectivity index (χ2v) is 30.2. The topological polar surface area (TPSA) is 9.72 Å². The van der Waals surface area contributed by atoms with E-state index in [0.717, 1.165) is 22.7 Å². The van der Waals surface area contributed by atoms with Crippen molar-refractivity contribution in [3.8, 4) is 22.3 Å². The molecule has 0 fully saturated rings. The van der Waals surface area contributed by atoms with Gasteiger partial charge in [-0.05, 0) is 186 Å². The lowest BCUT2D eigenvalue weighted by Crippen LogP contribution is -2.63. The van der Waals surface area contributed by atoms with Crippen molar-refractivity contribution in [3.63, 3.8) is 0 Å². The van der Waals surface area contributed by atoms with Gasteiger partial charge in [0.2, 0.25) is 0 Å². The number of aryl methyl sites for hydroxylation is 2. The van der Waals surface area contributed by atoms with Crippen molar-refractivity contribution in [1.82, 2.24) is 0 Å². The molecule has 0 bridgehead atoms. The summed E-state index contributed by atoms with van der Waals surface area (Å²) in [6.07, 6.45) is 0. The van der Waals surface area contributed by atoms with E-state index in [1.807, 2.05) is 0 Å². The standard InChI is InChI=1S/C79H86BN3/c1-49-42-50(2)44-51(43-49)52-45-67-72-68(46-52)83(61-39-30-56(31-40-61)77(12,13)14)69-48-66(81(58-33-24-53(25-34-58)74(3,4)5)59-35-26-54(27-36-59)75(6,7)8)70-62-22-20-21-23-63(62)79(18,19)71(70)73(69)80(72)64-47-57(78(15,16)17)32-41-65(64)82(67)60-37-28-55(29-38-60)76(9,10)11/h20-48H,1-19H3. The molecular weight excluding hydrogens is 1000 g/mol. The Balaban J connectivity index is 1.27. The molecule has 0 aromatic heterocycles. The van der Waals surface area contributed by atoms with Gasteiger partial charge in [-0.15, -0.1) is 0 Å². The largest absolute Gasteiger partial charge is 0.311 e. The Kier molecular flexibility index (Phi) is 13.0. The van der Waals surface area contributed by atoms with Crippen molar-refractivity contribution in [2.45, 2.75) is 164 Å². The molecule has 12 rings (SSSR count). The molecule has 3 nitrogen and oxygen atoms in total. The van der Waals surface area contributed by atoms with Crippen LogP contribution < -0.4 is 31.1 Å². The minimum Gasteiger partial charge on any atom is -0.311 e. The van der Waals surface area contributed by atoms with Gasteiger partial charge in [0.1, 0.15) is 0 Å². The smallest absolute Gasteiger partial charge is 0.252 e. The first-order valence-corrected chi connectivity index (χ1v) is 30.4. The monoisotopic (exact) mass is 1090 g/mol. The van der Waals surface area contributed by atoms with Crippen LogP contribution in [0.1, 0.15) is 168 Å². The van der Waals surface area contributed by atoms with Gasteiger partial charge in [0.05, 0.1) is 5.69 Å². The predicted molar refractivity (Wildman–Crippen MR) is 361 cm³/mol. The van der Waals surface area contributed by atoms with Gasteiger partial charge in [0.15, 0.2) is 0 Å². The molecule has 4 heteroatoms. The summed E-state index contributed by atoms with van der Waals surface area (Å²) in [4.78, 5) is 7.87. The highest BCUT2D eigenvalue weighted by Gasteiger charge is 2.51. The van der Waals surface area contributed by atoms with E-state index in [2.05, 4.69) is 322 Å². The Morgan fingerprint density at radius 3 is 1.24 bits per heavy atom. The van der Waals surface area contributed by atoms with Crippen LogP contribution in [0.4, 0.5) is 51.2 Å². The highest BCUT2D eigenvalue weighted by atomic mass is 15.2. The SMILES string of the molecule is Cc1cc(C)cc(-c2cc3c4c(c2)N(c2ccc(C(C)(C)C)cc2)c2cc(N(c5ccc(C(C)(C)C)cc5)c5ccc(C(C)(C)C)cc5)c5c(c2B4c2cc(C(C)(C)C)ccc2N3c2ccc(C(C)(C)C)cc2)C(C)(C)c2ccccc2-5)c1. The maximum Gasteiger partial charge on any atom is 0.252 e. The first-order valence-electron chi connectivity index (χ1n) is 30.4. The Labute approximate surface area is 498 Å². The van der Waals surface area contributed by atoms with Gasteiger partial charge in [-0.2, -0.15) is 0 Å². The van der Waals surface area contributed by atoms with Crippen LogP contribution in [-0.2, 0) is 32.5 Å². The summed E-state index contributed by atoms with van der Waals surface area (Å²) in [5.74, 6) is 0. The van der Waals surface area contributed by atoms with Crippen LogP contribution in [0.15, 0.2) is 176 Å². The van der Waals surface area contributed by atoms with Crippen LogP contribution >= 0.6 is 0 Å². The number of benzene rings is 9. The van der Waals surface area contributed by atoms with Crippen molar-refractivity contribution >= 4 is 74.3 Å². The number of hydrogen-bond donors (Lipinski definition) is 0. The third-order valence-corrected chi connectivity index (χ3v) is 18.5. The highest BCUT2D eigenvalue weighted by molar-refractivity contribution is 7.00. The van der Waals surface area contributed by atoms with Gasteiger partial charge in [-0.25, -0.2) is 0 Å². The maximum atomic E-state index is 2.68. The second-order valence-electron chi connectivity index (χ2n) is 30.2. The van der Waals surface area contributed by atoms with Crippen LogP contribution in [0.3, 0.4) is 0 Å². The molecule has 2 heterocycles. The molecular formula is C79H86BN3. The van der Waals surface area contributed by atoms with Crippen LogP contribution in [-0.4, -0.2) is 6.71 Å². The van der Waals surface area contributed by atoms with E-state index in [1.54, 1.807) is 0 Å². The third kappa shape index (κ3) is 9.53. The van der Waals surface area contributed by atoms with E-state index in [9.17, 15) is 0 Å². The molecule has 9 aromatic rings. The first kappa shape index (κ1) is 56.0. The zero-order valence-electron chi connectivity index (χ0n) is 53.2. The fraction of sp³-hybridized carbons (Fsp3) is 0.316. The summed E-state index contributed by atoms with van der Waals surface area (Å²) in [5, 5.41) is 0. The molecule has 0 spiro atoms. The average molecular weight is 1090 g/mol. The molecule has 0 atom stereocenters. The molecule has 0 radical (unpaired) electrons. The molecule has 9 aromatic carbocycles. The van der Waals surface area contributed by atoms with Crippen molar-refractivity contribution in [2.75, 3.05) is 14.7 Å². The summed E-state index contributed by atoms with van der Waals surface area (Å²) < 4.78 is 0. The molecule has 0 N–H and O–H groups in total. The number of anilines is 9. The molecule has 0 saturated heterocycles. The van der Waals surface area contributed by atoms with Gasteiger partial charge >= 0.3 is 0 Å². The fourth-order valence-electron chi connectivity index (χ4n) is 13.8. The van der Waals surface area contributed by atoms with Crippen molar-refractivity contribution < 1.29 is 0 Å². The zero-order valence-corrected chi connectivity index (χ0v) is 53.2. The average Bonchev–Trinajstić information content (AvgIpc) is 3.72. The maximum absolute atomic E-state index is 2.68. The predicted octanol–water partition coefficient (Wildman–Crippen LogP) is 20.3. The third-order valence-electron chi connectivity index (χ3n) is 18.5. The van der Waals surface area contributed by atoms with E-state index in [0.29, 0.717) is 0 Å². The van der Waals surface area contributed by atoms with Gasteiger partial charge in [-0.3, -0.25) is 0 Å². The number of hydrogen-bond acceptors (Lipinski definition) is 3. The normalized spacial score (nSPS) is 14.5. The van der Waals surface area contributed by atoms with Gasteiger partial charge in [-0.1, -0.05) is 232 Å². The minimum absolute atomic E-state index is 0.00481. The Hall–Kier alpha value is -7.56. The fourth-order valence-corrected chi connectivity index (χ4v) is 13.8. The first-order chi connectivity index (χ1) is 38.9. The molecule has 0 unspecified atom stereocenters. The van der Waals surface area contributed by atoms with E-state index < -0.39 is 5.41 Å². The molecule has 0 saturated carbocycles. The quantitative estimate of drug-likeness (QED) is 0.154. The van der Waals surface area contributed by atoms with Gasteiger partial charge in [0.25, 0.3) is 6.71 Å².